The molecular weight excluding hydrogens is 572 g/mol. The van der Waals surface area contributed by atoms with Crippen molar-refractivity contribution in [2.75, 3.05) is 43.4 Å². The summed E-state index contributed by atoms with van der Waals surface area (Å²) < 4.78 is 71.3. The number of aliphatic hydroxyl groups is 1. The number of likely N-dealkylation sites (N-methyl/N-ethyl adjacent to an activating group) is 1. The van der Waals surface area contributed by atoms with Crippen molar-refractivity contribution in [2.45, 2.75) is 31.9 Å². The number of alkyl halides is 6. The van der Waals surface area contributed by atoms with Crippen LogP contribution in [-0.2, 0) is 31.4 Å². The molecule has 10 nitrogen and oxygen atoms in total. The fraction of sp³-hybridized carbons (Fsp3) is 0.478. The number of aliphatic carboxylic acids is 1. The highest BCUT2D eigenvalue weighted by Gasteiger charge is 2.38. The summed E-state index contributed by atoms with van der Waals surface area (Å²) in [6.07, 6.45) is -8.63. The topological polar surface area (TPSA) is 120 Å². The number of rotatable bonds is 7. The Morgan fingerprint density at radius 3 is 2.48 bits per heavy atom. The van der Waals surface area contributed by atoms with E-state index in [1.807, 2.05) is 11.9 Å². The normalized spacial score (nSPS) is 13.7. The lowest BCUT2D eigenvalue weighted by molar-refractivity contribution is -0.192. The maximum Gasteiger partial charge on any atom is 0.490 e. The standard InChI is InChI=1S/C21H25ClF3N7O.C2HF3O2/c1-30(12-21(23,24)25)8-6-26-19-15-9-13(22)3-4-16(15)27-20(28-19)32-7-5-14-17(11-33)29-31(2)18(14)10-32;3-2(4,5)1(6)7/h3-4,9,33H,5-8,10-12H2,1-2H3,(H,26,27,28);(H,6,7). The Morgan fingerprint density at radius 1 is 1.20 bits per heavy atom. The van der Waals surface area contributed by atoms with Crippen molar-refractivity contribution >= 4 is 40.2 Å². The Morgan fingerprint density at radius 2 is 1.88 bits per heavy atom. The molecule has 3 aromatic rings. The molecule has 0 spiro atoms. The summed E-state index contributed by atoms with van der Waals surface area (Å²) in [5.41, 5.74) is 3.41. The third kappa shape index (κ3) is 8.08. The van der Waals surface area contributed by atoms with E-state index in [0.29, 0.717) is 52.9 Å². The Kier molecular flexibility index (Phi) is 9.68. The molecule has 0 aliphatic carbocycles. The average molecular weight is 598 g/mol. The molecule has 220 valence electrons. The van der Waals surface area contributed by atoms with Gasteiger partial charge in [0.1, 0.15) is 5.82 Å². The number of aryl methyl sites for hydroxylation is 1. The second-order valence-corrected chi connectivity index (χ2v) is 9.38. The SMILES string of the molecule is CN(CCNc1nc(N2CCc3c(CO)nn(C)c3C2)nc2ccc(Cl)cc12)CC(F)(F)F.O=C(O)C(F)(F)F. The van der Waals surface area contributed by atoms with Crippen molar-refractivity contribution in [3.05, 3.63) is 40.2 Å². The van der Waals surface area contributed by atoms with E-state index in [1.54, 1.807) is 22.9 Å². The molecule has 0 fully saturated rings. The Hall–Kier alpha value is -3.37. The van der Waals surface area contributed by atoms with Crippen LogP contribution in [0.5, 0.6) is 0 Å². The number of anilines is 2. The van der Waals surface area contributed by atoms with Gasteiger partial charge in [-0.05, 0) is 31.7 Å². The molecule has 0 saturated carbocycles. The van der Waals surface area contributed by atoms with Gasteiger partial charge in [0.15, 0.2) is 0 Å². The molecule has 0 unspecified atom stereocenters. The number of carboxylic acids is 1. The summed E-state index contributed by atoms with van der Waals surface area (Å²) in [7, 11) is 3.27. The van der Waals surface area contributed by atoms with Gasteiger partial charge in [-0.15, -0.1) is 0 Å². The van der Waals surface area contributed by atoms with Crippen LogP contribution in [0.4, 0.5) is 38.1 Å². The first-order valence-electron chi connectivity index (χ1n) is 11.7. The van der Waals surface area contributed by atoms with Crippen LogP contribution in [0.15, 0.2) is 18.2 Å². The molecule has 1 aromatic carbocycles. The third-order valence-corrected chi connectivity index (χ3v) is 6.12. The molecule has 2 aromatic heterocycles. The number of hydrogen-bond acceptors (Lipinski definition) is 8. The van der Waals surface area contributed by atoms with E-state index in [4.69, 9.17) is 31.5 Å². The second kappa shape index (κ2) is 12.4. The van der Waals surface area contributed by atoms with Crippen LogP contribution in [-0.4, -0.2) is 86.4 Å². The number of fused-ring (bicyclic) bond motifs is 2. The number of benzene rings is 1. The molecule has 17 heteroatoms. The highest BCUT2D eigenvalue weighted by Crippen LogP contribution is 2.30. The van der Waals surface area contributed by atoms with Crippen LogP contribution in [0.2, 0.25) is 5.02 Å². The molecule has 3 N–H and O–H groups in total. The summed E-state index contributed by atoms with van der Waals surface area (Å²) >= 11 is 6.17. The largest absolute Gasteiger partial charge is 0.490 e. The number of aliphatic hydroxyl groups excluding tert-OH is 1. The number of carboxylic acid groups (broad SMARTS) is 1. The Labute approximate surface area is 229 Å². The first-order chi connectivity index (χ1) is 18.6. The van der Waals surface area contributed by atoms with E-state index in [1.165, 1.54) is 11.9 Å². The number of hydrogen-bond donors (Lipinski definition) is 3. The highest BCUT2D eigenvalue weighted by atomic mass is 35.5. The van der Waals surface area contributed by atoms with Gasteiger partial charge >= 0.3 is 18.3 Å². The van der Waals surface area contributed by atoms with Gasteiger partial charge in [0.25, 0.3) is 0 Å². The van der Waals surface area contributed by atoms with Crippen molar-refractivity contribution in [1.29, 1.82) is 0 Å². The van der Waals surface area contributed by atoms with Gasteiger partial charge in [-0.2, -0.15) is 36.4 Å². The monoisotopic (exact) mass is 597 g/mol. The van der Waals surface area contributed by atoms with E-state index in [-0.39, 0.29) is 19.7 Å². The van der Waals surface area contributed by atoms with Crippen LogP contribution in [0.3, 0.4) is 0 Å². The van der Waals surface area contributed by atoms with Crippen LogP contribution in [0, 0.1) is 0 Å². The summed E-state index contributed by atoms with van der Waals surface area (Å²) in [5, 5.41) is 25.4. The number of nitrogens with one attached hydrogen (secondary N) is 1. The zero-order valence-electron chi connectivity index (χ0n) is 21.3. The lowest BCUT2D eigenvalue weighted by atomic mass is 10.0. The summed E-state index contributed by atoms with van der Waals surface area (Å²) in [5.74, 6) is -1.73. The van der Waals surface area contributed by atoms with Gasteiger partial charge in [0.2, 0.25) is 5.95 Å². The quantitative estimate of drug-likeness (QED) is 0.351. The minimum atomic E-state index is -5.08. The van der Waals surface area contributed by atoms with Crippen molar-refractivity contribution in [1.82, 2.24) is 24.6 Å². The lowest BCUT2D eigenvalue weighted by Gasteiger charge is -2.28. The second-order valence-electron chi connectivity index (χ2n) is 8.94. The maximum absolute atomic E-state index is 12.6. The van der Waals surface area contributed by atoms with Crippen LogP contribution in [0.1, 0.15) is 17.0 Å². The number of carbonyl (C=O) groups is 1. The molecule has 1 aliphatic rings. The minimum absolute atomic E-state index is 0.104. The molecule has 0 atom stereocenters. The molecule has 40 heavy (non-hydrogen) atoms. The van der Waals surface area contributed by atoms with Crippen LogP contribution < -0.4 is 10.2 Å². The molecule has 0 radical (unpaired) electrons. The van der Waals surface area contributed by atoms with E-state index < -0.39 is 24.9 Å². The van der Waals surface area contributed by atoms with Crippen molar-refractivity contribution in [3.8, 4) is 0 Å². The molecule has 0 bridgehead atoms. The number of nitrogens with zero attached hydrogens (tertiary/aromatic N) is 6. The van der Waals surface area contributed by atoms with Gasteiger partial charge in [0, 0.05) is 42.7 Å². The predicted molar refractivity (Wildman–Crippen MR) is 134 cm³/mol. The molecule has 0 amide bonds. The fourth-order valence-corrected chi connectivity index (χ4v) is 4.24. The molecule has 4 rings (SSSR count). The van der Waals surface area contributed by atoms with Gasteiger partial charge in [-0.1, -0.05) is 11.6 Å². The van der Waals surface area contributed by atoms with E-state index >= 15 is 0 Å². The average Bonchev–Trinajstić information content (AvgIpc) is 3.17. The van der Waals surface area contributed by atoms with Gasteiger partial charge < -0.3 is 20.4 Å². The van der Waals surface area contributed by atoms with Gasteiger partial charge in [-0.3, -0.25) is 9.58 Å². The van der Waals surface area contributed by atoms with E-state index in [9.17, 15) is 31.4 Å². The molecule has 3 heterocycles. The van der Waals surface area contributed by atoms with Crippen molar-refractivity contribution in [3.63, 3.8) is 0 Å². The molecule has 0 saturated heterocycles. The third-order valence-electron chi connectivity index (χ3n) is 5.89. The summed E-state index contributed by atoms with van der Waals surface area (Å²) in [4.78, 5) is 21.5. The maximum atomic E-state index is 12.6. The zero-order chi connectivity index (χ0) is 29.8. The van der Waals surface area contributed by atoms with Crippen molar-refractivity contribution in [2.24, 2.45) is 7.05 Å². The first-order valence-corrected chi connectivity index (χ1v) is 12.1. The predicted octanol–water partition coefficient (Wildman–Crippen LogP) is 3.61. The number of aromatic nitrogens is 4. The summed E-state index contributed by atoms with van der Waals surface area (Å²) in [6, 6.07) is 5.28. The van der Waals surface area contributed by atoms with Crippen LogP contribution >= 0.6 is 11.6 Å². The van der Waals surface area contributed by atoms with Crippen LogP contribution in [0.25, 0.3) is 10.9 Å². The van der Waals surface area contributed by atoms with Gasteiger partial charge in [0.05, 0.1) is 36.6 Å². The molecular formula is C23H26ClF6N7O3. The lowest BCUT2D eigenvalue weighted by Crippen LogP contribution is -2.34. The minimum Gasteiger partial charge on any atom is -0.475 e. The smallest absolute Gasteiger partial charge is 0.475 e. The first kappa shape index (κ1) is 31.2. The summed E-state index contributed by atoms with van der Waals surface area (Å²) in [6.45, 7) is 0.563. The van der Waals surface area contributed by atoms with E-state index in [0.717, 1.165) is 11.3 Å². The van der Waals surface area contributed by atoms with Gasteiger partial charge in [-0.25, -0.2) is 9.78 Å². The Bertz CT molecular complexity index is 1350. The fourth-order valence-electron chi connectivity index (χ4n) is 4.07. The zero-order valence-corrected chi connectivity index (χ0v) is 22.1. The highest BCUT2D eigenvalue weighted by molar-refractivity contribution is 6.31. The number of halogens is 7. The van der Waals surface area contributed by atoms with Crippen molar-refractivity contribution < 1.29 is 41.4 Å². The Balaban J connectivity index is 0.000000559. The van der Waals surface area contributed by atoms with E-state index in [2.05, 4.69) is 10.4 Å². The molecule has 1 aliphatic heterocycles.